The number of halogens is 1. The van der Waals surface area contributed by atoms with E-state index in [1.807, 2.05) is 6.92 Å². The van der Waals surface area contributed by atoms with E-state index in [1.54, 1.807) is 6.07 Å². The topological polar surface area (TPSA) is 148 Å². The van der Waals surface area contributed by atoms with Crippen molar-refractivity contribution in [2.45, 2.75) is 24.7 Å². The zero-order valence-corrected chi connectivity index (χ0v) is 21.6. The number of ether oxygens (including phenoxy) is 1. The van der Waals surface area contributed by atoms with Gasteiger partial charge in [0, 0.05) is 18.1 Å². The minimum Gasteiger partial charge on any atom is -0.462 e. The summed E-state index contributed by atoms with van der Waals surface area (Å²) in [7, 11) is -3.96. The Kier molecular flexibility index (Phi) is 8.03. The molecule has 38 heavy (non-hydrogen) atoms. The molecule has 11 nitrogen and oxygen atoms in total. The average Bonchev–Trinajstić information content (AvgIpc) is 3.12. The van der Waals surface area contributed by atoms with E-state index in [0.29, 0.717) is 12.1 Å². The van der Waals surface area contributed by atoms with Crippen molar-refractivity contribution >= 4 is 56.7 Å². The van der Waals surface area contributed by atoms with Gasteiger partial charge in [-0.25, -0.2) is 32.8 Å². The van der Waals surface area contributed by atoms with E-state index in [4.69, 9.17) is 16.3 Å². The van der Waals surface area contributed by atoms with E-state index in [9.17, 15) is 22.8 Å². The number of esters is 1. The number of benzene rings is 2. The summed E-state index contributed by atoms with van der Waals surface area (Å²) in [5.41, 5.74) is 0.446. The SMILES string of the molecule is CCCCOC(=O)c1cccc(N2C(=O)C(Cl)=C(Nc3ccc(S(=O)(=O)Nc4ncccn4)cc3)C2=O)c1. The molecular weight excluding hydrogens is 534 g/mol. The molecule has 4 rings (SSSR count). The second-order valence-electron chi connectivity index (χ2n) is 8.00. The summed E-state index contributed by atoms with van der Waals surface area (Å²) in [5, 5.41) is 2.42. The van der Waals surface area contributed by atoms with Crippen LogP contribution in [-0.2, 0) is 24.3 Å². The zero-order chi connectivity index (χ0) is 27.3. The summed E-state index contributed by atoms with van der Waals surface area (Å²) >= 11 is 6.19. The van der Waals surface area contributed by atoms with Gasteiger partial charge in [0.2, 0.25) is 5.95 Å². The molecule has 1 aliphatic rings. The highest BCUT2D eigenvalue weighted by Gasteiger charge is 2.39. The second-order valence-corrected chi connectivity index (χ2v) is 10.1. The monoisotopic (exact) mass is 555 g/mol. The van der Waals surface area contributed by atoms with Gasteiger partial charge in [0.25, 0.3) is 21.8 Å². The third kappa shape index (κ3) is 5.82. The molecule has 0 saturated heterocycles. The number of amides is 2. The van der Waals surface area contributed by atoms with Gasteiger partial charge in [-0.3, -0.25) is 9.59 Å². The van der Waals surface area contributed by atoms with Crippen molar-refractivity contribution in [1.29, 1.82) is 0 Å². The molecule has 2 amide bonds. The molecule has 0 aliphatic carbocycles. The van der Waals surface area contributed by atoms with Crippen LogP contribution in [0.5, 0.6) is 0 Å². The number of hydrogen-bond donors (Lipinski definition) is 2. The number of anilines is 3. The molecule has 0 atom stereocenters. The Morgan fingerprint density at radius 1 is 1.03 bits per heavy atom. The molecule has 2 aromatic carbocycles. The molecule has 0 radical (unpaired) electrons. The number of unbranched alkanes of at least 4 members (excludes halogenated alkanes) is 1. The number of rotatable bonds is 10. The average molecular weight is 556 g/mol. The van der Waals surface area contributed by atoms with Crippen LogP contribution < -0.4 is 14.9 Å². The molecule has 3 aromatic rings. The first kappa shape index (κ1) is 26.8. The lowest BCUT2D eigenvalue weighted by Gasteiger charge is -2.16. The van der Waals surface area contributed by atoms with Crippen LogP contribution in [0.15, 0.2) is 82.6 Å². The van der Waals surface area contributed by atoms with Crippen molar-refractivity contribution in [3.8, 4) is 0 Å². The summed E-state index contributed by atoms with van der Waals surface area (Å²) in [6.45, 7) is 2.23. The fourth-order valence-corrected chi connectivity index (χ4v) is 4.57. The van der Waals surface area contributed by atoms with Crippen LogP contribution >= 0.6 is 11.6 Å². The molecule has 1 aliphatic heterocycles. The predicted octanol–water partition coefficient (Wildman–Crippen LogP) is 3.67. The van der Waals surface area contributed by atoms with Crippen molar-refractivity contribution in [3.05, 3.63) is 83.3 Å². The molecule has 0 fully saturated rings. The third-order valence-electron chi connectivity index (χ3n) is 5.32. The van der Waals surface area contributed by atoms with Gasteiger partial charge in [0.1, 0.15) is 10.7 Å². The molecule has 13 heteroatoms. The first-order valence-electron chi connectivity index (χ1n) is 11.4. The van der Waals surface area contributed by atoms with E-state index >= 15 is 0 Å². The van der Waals surface area contributed by atoms with Gasteiger partial charge in [0.05, 0.1) is 22.8 Å². The highest BCUT2D eigenvalue weighted by Crippen LogP contribution is 2.31. The van der Waals surface area contributed by atoms with Gasteiger partial charge in [-0.1, -0.05) is 31.0 Å². The second kappa shape index (κ2) is 11.4. The zero-order valence-electron chi connectivity index (χ0n) is 20.0. The molecule has 0 saturated carbocycles. The van der Waals surface area contributed by atoms with Gasteiger partial charge in [-0.05, 0) is 55.0 Å². The maximum absolute atomic E-state index is 13.1. The largest absolute Gasteiger partial charge is 0.462 e. The van der Waals surface area contributed by atoms with Gasteiger partial charge in [-0.15, -0.1) is 0 Å². The number of aromatic nitrogens is 2. The Morgan fingerprint density at radius 3 is 2.42 bits per heavy atom. The number of hydrogen-bond acceptors (Lipinski definition) is 9. The number of imide groups is 1. The molecule has 2 heterocycles. The maximum Gasteiger partial charge on any atom is 0.338 e. The van der Waals surface area contributed by atoms with Crippen LogP contribution in [0, 0.1) is 0 Å². The lowest BCUT2D eigenvalue weighted by Crippen LogP contribution is -2.32. The Morgan fingerprint density at radius 2 is 1.74 bits per heavy atom. The Bertz CT molecular complexity index is 1510. The minimum absolute atomic E-state index is 0.0753. The first-order valence-corrected chi connectivity index (χ1v) is 13.3. The number of sulfonamides is 1. The van der Waals surface area contributed by atoms with Gasteiger partial charge >= 0.3 is 5.97 Å². The van der Waals surface area contributed by atoms with Gasteiger partial charge < -0.3 is 10.1 Å². The normalized spacial score (nSPS) is 13.6. The van der Waals surface area contributed by atoms with Crippen LogP contribution in [0.4, 0.5) is 17.3 Å². The number of carbonyl (C=O) groups is 3. The summed E-state index contributed by atoms with van der Waals surface area (Å²) in [6.07, 6.45) is 4.37. The fraction of sp³-hybridized carbons (Fsp3) is 0.160. The molecule has 196 valence electrons. The first-order chi connectivity index (χ1) is 18.2. The van der Waals surface area contributed by atoms with Crippen molar-refractivity contribution < 1.29 is 27.5 Å². The Hall–Kier alpha value is -4.29. The standard InChI is InChI=1S/C25H22ClN5O6S/c1-2-3-14-37-24(34)16-6-4-7-18(15-16)31-22(32)20(26)21(23(31)33)29-17-8-10-19(11-9-17)38(35,36)30-25-27-12-5-13-28-25/h4-13,15,29H,2-3,14H2,1H3,(H,27,28,30). The third-order valence-corrected chi connectivity index (χ3v) is 7.02. The van der Waals surface area contributed by atoms with E-state index < -0.39 is 27.8 Å². The number of carbonyl (C=O) groups excluding carboxylic acids is 3. The lowest BCUT2D eigenvalue weighted by atomic mass is 10.2. The molecule has 2 N–H and O–H groups in total. The predicted molar refractivity (Wildman–Crippen MR) is 140 cm³/mol. The van der Waals surface area contributed by atoms with E-state index in [-0.39, 0.29) is 39.4 Å². The highest BCUT2D eigenvalue weighted by molar-refractivity contribution is 7.92. The van der Waals surface area contributed by atoms with E-state index in [0.717, 1.165) is 11.3 Å². The van der Waals surface area contributed by atoms with Gasteiger partial charge in [-0.2, -0.15) is 0 Å². The summed E-state index contributed by atoms with van der Waals surface area (Å²) in [5.74, 6) is -2.17. The van der Waals surface area contributed by atoms with Crippen molar-refractivity contribution in [2.75, 3.05) is 21.5 Å². The summed E-state index contributed by atoms with van der Waals surface area (Å²) < 4.78 is 32.6. The van der Waals surface area contributed by atoms with Crippen molar-refractivity contribution in [3.63, 3.8) is 0 Å². The van der Waals surface area contributed by atoms with Crippen LogP contribution in [0.2, 0.25) is 0 Å². The molecule has 0 unspecified atom stereocenters. The van der Waals surface area contributed by atoms with E-state index in [2.05, 4.69) is 20.0 Å². The molecular formula is C25H22ClN5O6S. The molecule has 0 spiro atoms. The van der Waals surface area contributed by atoms with E-state index in [1.165, 1.54) is 60.9 Å². The van der Waals surface area contributed by atoms with Crippen molar-refractivity contribution in [1.82, 2.24) is 9.97 Å². The fourth-order valence-electron chi connectivity index (χ4n) is 3.40. The molecule has 1 aromatic heterocycles. The number of nitrogens with zero attached hydrogens (tertiary/aromatic N) is 3. The molecule has 0 bridgehead atoms. The van der Waals surface area contributed by atoms with Crippen LogP contribution in [0.25, 0.3) is 0 Å². The van der Waals surface area contributed by atoms with Gasteiger partial charge in [0.15, 0.2) is 0 Å². The maximum atomic E-state index is 13.1. The smallest absolute Gasteiger partial charge is 0.338 e. The van der Waals surface area contributed by atoms with Crippen LogP contribution in [0.3, 0.4) is 0 Å². The van der Waals surface area contributed by atoms with Crippen LogP contribution in [-0.4, -0.2) is 42.8 Å². The highest BCUT2D eigenvalue weighted by atomic mass is 35.5. The Labute approximate surface area is 223 Å². The number of nitrogens with one attached hydrogen (secondary N) is 2. The van der Waals surface area contributed by atoms with Crippen LogP contribution in [0.1, 0.15) is 30.1 Å². The minimum atomic E-state index is -3.96. The van der Waals surface area contributed by atoms with Crippen molar-refractivity contribution in [2.24, 2.45) is 0 Å². The summed E-state index contributed by atoms with van der Waals surface area (Å²) in [4.78, 5) is 46.7. The lowest BCUT2D eigenvalue weighted by molar-refractivity contribution is -0.120. The quantitative estimate of drug-likeness (QED) is 0.217. The summed E-state index contributed by atoms with van der Waals surface area (Å²) in [6, 6.07) is 12.9. The Balaban J connectivity index is 1.49.